The van der Waals surface area contributed by atoms with Crippen LogP contribution < -0.4 is 5.73 Å². The average Bonchev–Trinajstić information content (AvgIpc) is 2.78. The molecule has 2 rings (SSSR count). The molecule has 0 aliphatic heterocycles. The van der Waals surface area contributed by atoms with Crippen molar-refractivity contribution in [1.29, 1.82) is 0 Å². The Morgan fingerprint density at radius 1 is 1.56 bits per heavy atom. The highest BCUT2D eigenvalue weighted by Crippen LogP contribution is 2.36. The third kappa shape index (κ3) is 3.09. The second kappa shape index (κ2) is 5.80. The first kappa shape index (κ1) is 13.5. The van der Waals surface area contributed by atoms with Crippen molar-refractivity contribution in [2.45, 2.75) is 51.0 Å². The van der Waals surface area contributed by atoms with E-state index in [1.165, 1.54) is 6.42 Å². The van der Waals surface area contributed by atoms with Crippen LogP contribution in [0.5, 0.6) is 0 Å². The summed E-state index contributed by atoms with van der Waals surface area (Å²) >= 11 is 0. The summed E-state index contributed by atoms with van der Waals surface area (Å²) in [4.78, 5) is 4.45. The lowest BCUT2D eigenvalue weighted by Gasteiger charge is -2.33. The molecule has 5 nitrogen and oxygen atoms in total. The predicted octanol–water partition coefficient (Wildman–Crippen LogP) is 2.01. The van der Waals surface area contributed by atoms with E-state index < -0.39 is 5.54 Å². The summed E-state index contributed by atoms with van der Waals surface area (Å²) < 4.78 is 10.4. The normalized spacial score (nSPS) is 28.5. The summed E-state index contributed by atoms with van der Waals surface area (Å²) in [5.74, 6) is 1.99. The van der Waals surface area contributed by atoms with Gasteiger partial charge in [0.1, 0.15) is 0 Å². The largest absolute Gasteiger partial charge is 0.385 e. The van der Waals surface area contributed by atoms with Gasteiger partial charge in [0.25, 0.3) is 0 Å². The molecule has 1 aliphatic carbocycles. The van der Waals surface area contributed by atoms with Crippen LogP contribution in [0, 0.1) is 5.92 Å². The number of rotatable bonds is 5. The molecular formula is C13H23N3O2. The van der Waals surface area contributed by atoms with Crippen molar-refractivity contribution in [2.24, 2.45) is 11.7 Å². The highest BCUT2D eigenvalue weighted by molar-refractivity contribution is 5.04. The van der Waals surface area contributed by atoms with Gasteiger partial charge in [0, 0.05) is 20.1 Å². The second-order valence-corrected chi connectivity index (χ2v) is 5.47. The first-order valence-corrected chi connectivity index (χ1v) is 6.75. The zero-order chi connectivity index (χ0) is 13.0. The lowest BCUT2D eigenvalue weighted by Crippen LogP contribution is -2.41. The molecule has 0 radical (unpaired) electrons. The zero-order valence-corrected chi connectivity index (χ0v) is 11.3. The quantitative estimate of drug-likeness (QED) is 0.812. The molecule has 102 valence electrons. The number of nitrogens with zero attached hydrogens (tertiary/aromatic N) is 2. The van der Waals surface area contributed by atoms with E-state index in [0.717, 1.165) is 37.9 Å². The van der Waals surface area contributed by atoms with Crippen LogP contribution in [0.15, 0.2) is 4.52 Å². The Morgan fingerprint density at radius 2 is 2.39 bits per heavy atom. The lowest BCUT2D eigenvalue weighted by molar-refractivity contribution is 0.182. The summed E-state index contributed by atoms with van der Waals surface area (Å²) in [5.41, 5.74) is 6.01. The fraction of sp³-hybridized carbons (Fsp3) is 0.846. The van der Waals surface area contributed by atoms with Crippen molar-refractivity contribution in [3.63, 3.8) is 0 Å². The maximum atomic E-state index is 6.42. The first-order valence-electron chi connectivity index (χ1n) is 6.75. The molecule has 0 aromatic carbocycles. The molecule has 2 unspecified atom stereocenters. The maximum absolute atomic E-state index is 6.42. The Balaban J connectivity index is 1.99. The van der Waals surface area contributed by atoms with Gasteiger partial charge in [-0.3, -0.25) is 0 Å². The van der Waals surface area contributed by atoms with Gasteiger partial charge in [-0.1, -0.05) is 24.9 Å². The van der Waals surface area contributed by atoms with Gasteiger partial charge in [0.05, 0.1) is 5.54 Å². The molecule has 0 bridgehead atoms. The van der Waals surface area contributed by atoms with Crippen molar-refractivity contribution in [2.75, 3.05) is 13.7 Å². The Bertz CT molecular complexity index is 380. The number of hydrogen-bond donors (Lipinski definition) is 1. The third-order valence-corrected chi connectivity index (χ3v) is 3.68. The molecule has 1 aliphatic rings. The molecule has 0 saturated heterocycles. The molecule has 2 atom stereocenters. The summed E-state index contributed by atoms with van der Waals surface area (Å²) in [6.45, 7) is 2.95. The van der Waals surface area contributed by atoms with E-state index in [1.807, 2.05) is 0 Å². The van der Waals surface area contributed by atoms with Gasteiger partial charge in [-0.2, -0.15) is 4.98 Å². The van der Waals surface area contributed by atoms with Gasteiger partial charge >= 0.3 is 0 Å². The van der Waals surface area contributed by atoms with E-state index in [0.29, 0.717) is 18.4 Å². The van der Waals surface area contributed by atoms with Crippen LogP contribution in [0.25, 0.3) is 0 Å². The van der Waals surface area contributed by atoms with Crippen LogP contribution >= 0.6 is 0 Å². The summed E-state index contributed by atoms with van der Waals surface area (Å²) in [6, 6.07) is 0. The molecule has 1 fully saturated rings. The molecule has 1 aromatic rings. The number of nitrogens with two attached hydrogens (primary N) is 1. The zero-order valence-electron chi connectivity index (χ0n) is 11.3. The van der Waals surface area contributed by atoms with Gasteiger partial charge in [0.15, 0.2) is 5.82 Å². The first-order chi connectivity index (χ1) is 8.64. The Hall–Kier alpha value is -0.940. The fourth-order valence-electron chi connectivity index (χ4n) is 2.72. The monoisotopic (exact) mass is 253 g/mol. The maximum Gasteiger partial charge on any atom is 0.246 e. The molecule has 1 saturated carbocycles. The molecular weight excluding hydrogens is 230 g/mol. The van der Waals surface area contributed by atoms with Crippen LogP contribution in [0.1, 0.15) is 50.7 Å². The van der Waals surface area contributed by atoms with Gasteiger partial charge in [-0.05, 0) is 25.2 Å². The van der Waals surface area contributed by atoms with Gasteiger partial charge < -0.3 is 15.0 Å². The van der Waals surface area contributed by atoms with Crippen LogP contribution in [0.3, 0.4) is 0 Å². The number of hydrogen-bond acceptors (Lipinski definition) is 5. The smallest absolute Gasteiger partial charge is 0.246 e. The van der Waals surface area contributed by atoms with Gasteiger partial charge in [-0.25, -0.2) is 0 Å². The molecule has 1 aromatic heterocycles. The molecule has 0 spiro atoms. The Labute approximate surface area is 108 Å². The number of ether oxygens (including phenoxy) is 1. The standard InChI is InChI=1S/C13H23N3O2/c1-10-5-3-7-13(14,9-10)12-15-11(16-18-12)6-4-8-17-2/h10H,3-9,14H2,1-2H3. The third-order valence-electron chi connectivity index (χ3n) is 3.68. The Kier molecular flexibility index (Phi) is 4.35. The highest BCUT2D eigenvalue weighted by Gasteiger charge is 2.37. The van der Waals surface area contributed by atoms with Gasteiger partial charge in [-0.15, -0.1) is 0 Å². The van der Waals surface area contributed by atoms with Crippen molar-refractivity contribution in [3.05, 3.63) is 11.7 Å². The van der Waals surface area contributed by atoms with Crippen molar-refractivity contribution < 1.29 is 9.26 Å². The van der Waals surface area contributed by atoms with E-state index in [4.69, 9.17) is 15.0 Å². The fourth-order valence-corrected chi connectivity index (χ4v) is 2.72. The molecule has 1 heterocycles. The summed E-state index contributed by atoms with van der Waals surface area (Å²) in [5, 5.41) is 4.01. The molecule has 18 heavy (non-hydrogen) atoms. The number of aromatic nitrogens is 2. The topological polar surface area (TPSA) is 74.2 Å². The van der Waals surface area contributed by atoms with E-state index in [2.05, 4.69) is 17.1 Å². The van der Waals surface area contributed by atoms with Crippen molar-refractivity contribution >= 4 is 0 Å². The van der Waals surface area contributed by atoms with Crippen LogP contribution in [0.4, 0.5) is 0 Å². The number of methoxy groups -OCH3 is 1. The van der Waals surface area contributed by atoms with Gasteiger partial charge in [0.2, 0.25) is 5.89 Å². The minimum absolute atomic E-state index is 0.413. The van der Waals surface area contributed by atoms with Crippen molar-refractivity contribution in [1.82, 2.24) is 10.1 Å². The van der Waals surface area contributed by atoms with E-state index in [-0.39, 0.29) is 0 Å². The molecule has 0 amide bonds. The van der Waals surface area contributed by atoms with Crippen molar-refractivity contribution in [3.8, 4) is 0 Å². The minimum atomic E-state index is -0.413. The van der Waals surface area contributed by atoms with Crippen LogP contribution in [-0.2, 0) is 16.7 Å². The number of aryl methyl sites for hydroxylation is 1. The minimum Gasteiger partial charge on any atom is -0.385 e. The Morgan fingerprint density at radius 3 is 3.11 bits per heavy atom. The SMILES string of the molecule is COCCCc1noc(C2(N)CCCC(C)C2)n1. The van der Waals surface area contributed by atoms with E-state index in [1.54, 1.807) is 7.11 Å². The predicted molar refractivity (Wildman–Crippen MR) is 68.0 cm³/mol. The van der Waals surface area contributed by atoms with Crippen LogP contribution in [-0.4, -0.2) is 23.9 Å². The lowest BCUT2D eigenvalue weighted by atomic mass is 9.77. The summed E-state index contributed by atoms with van der Waals surface area (Å²) in [6.07, 6.45) is 5.95. The highest BCUT2D eigenvalue weighted by atomic mass is 16.5. The summed E-state index contributed by atoms with van der Waals surface area (Å²) in [7, 11) is 1.69. The molecule has 2 N–H and O–H groups in total. The van der Waals surface area contributed by atoms with Crippen LogP contribution in [0.2, 0.25) is 0 Å². The molecule has 5 heteroatoms. The van der Waals surface area contributed by atoms with E-state index in [9.17, 15) is 0 Å². The average molecular weight is 253 g/mol. The van der Waals surface area contributed by atoms with E-state index >= 15 is 0 Å². The second-order valence-electron chi connectivity index (χ2n) is 5.47.